The minimum atomic E-state index is -0.582. The van der Waals surface area contributed by atoms with E-state index in [4.69, 9.17) is 0 Å². The van der Waals surface area contributed by atoms with Gasteiger partial charge in [0.2, 0.25) is 11.8 Å². The molecular formula is C19H25N5O2. The third-order valence-corrected chi connectivity index (χ3v) is 4.69. The highest BCUT2D eigenvalue weighted by Gasteiger charge is 2.25. The van der Waals surface area contributed by atoms with Gasteiger partial charge in [0.15, 0.2) is 5.82 Å². The van der Waals surface area contributed by atoms with Crippen LogP contribution >= 0.6 is 0 Å². The summed E-state index contributed by atoms with van der Waals surface area (Å²) in [5.74, 6) is 0.256. The number of carbonyl (C=O) groups is 2. The molecule has 1 atom stereocenters. The predicted octanol–water partition coefficient (Wildman–Crippen LogP) is 2.15. The van der Waals surface area contributed by atoms with Crippen LogP contribution in [0.2, 0.25) is 0 Å². The molecule has 26 heavy (non-hydrogen) atoms. The van der Waals surface area contributed by atoms with Gasteiger partial charge in [0, 0.05) is 43.0 Å². The maximum Gasteiger partial charge on any atom is 0.247 e. The van der Waals surface area contributed by atoms with Crippen LogP contribution in [0.15, 0.2) is 36.7 Å². The lowest BCUT2D eigenvalue weighted by molar-refractivity contribution is -0.128. The van der Waals surface area contributed by atoms with E-state index in [1.807, 2.05) is 24.4 Å². The molecule has 1 aliphatic carbocycles. The van der Waals surface area contributed by atoms with Gasteiger partial charge in [-0.2, -0.15) is 5.10 Å². The maximum atomic E-state index is 12.3. The number of amides is 2. The molecule has 1 fully saturated rings. The zero-order valence-electron chi connectivity index (χ0n) is 15.0. The summed E-state index contributed by atoms with van der Waals surface area (Å²) in [5.41, 5.74) is 0.997. The molecule has 0 spiro atoms. The number of aryl methyl sites for hydroxylation is 2. The fourth-order valence-electron chi connectivity index (χ4n) is 3.15. The second-order valence-corrected chi connectivity index (χ2v) is 6.74. The monoisotopic (exact) mass is 355 g/mol. The van der Waals surface area contributed by atoms with Gasteiger partial charge in [-0.05, 0) is 31.9 Å². The molecule has 2 amide bonds. The number of anilines is 1. The Morgan fingerprint density at radius 1 is 1.27 bits per heavy atom. The van der Waals surface area contributed by atoms with E-state index < -0.39 is 6.04 Å². The largest absolute Gasteiger partial charge is 0.344 e. The van der Waals surface area contributed by atoms with Gasteiger partial charge < -0.3 is 10.6 Å². The van der Waals surface area contributed by atoms with Crippen LogP contribution in [0.5, 0.6) is 0 Å². The van der Waals surface area contributed by atoms with Crippen LogP contribution in [0, 0.1) is 5.92 Å². The zero-order valence-corrected chi connectivity index (χ0v) is 15.0. The molecule has 0 aliphatic heterocycles. The van der Waals surface area contributed by atoms with Crippen molar-refractivity contribution in [1.82, 2.24) is 20.1 Å². The average molecular weight is 355 g/mol. The first-order valence-corrected chi connectivity index (χ1v) is 9.16. The minimum absolute atomic E-state index is 0.0222. The molecule has 0 aromatic carbocycles. The normalized spacial score (nSPS) is 15.6. The third-order valence-electron chi connectivity index (χ3n) is 4.69. The molecule has 7 nitrogen and oxygen atoms in total. The van der Waals surface area contributed by atoms with Crippen LogP contribution < -0.4 is 10.6 Å². The van der Waals surface area contributed by atoms with Crippen molar-refractivity contribution in [1.29, 1.82) is 0 Å². The van der Waals surface area contributed by atoms with Gasteiger partial charge in [0.05, 0.1) is 0 Å². The molecule has 0 bridgehead atoms. The van der Waals surface area contributed by atoms with Crippen molar-refractivity contribution in [2.45, 2.75) is 51.6 Å². The summed E-state index contributed by atoms with van der Waals surface area (Å²) >= 11 is 0. The van der Waals surface area contributed by atoms with Gasteiger partial charge >= 0.3 is 0 Å². The first kappa shape index (κ1) is 18.1. The van der Waals surface area contributed by atoms with E-state index in [0.717, 1.165) is 37.8 Å². The Morgan fingerprint density at radius 2 is 2.08 bits per heavy atom. The Bertz CT molecular complexity index is 737. The predicted molar refractivity (Wildman–Crippen MR) is 98.4 cm³/mol. The number of hydrogen-bond donors (Lipinski definition) is 2. The molecule has 0 saturated heterocycles. The zero-order chi connectivity index (χ0) is 18.4. The third kappa shape index (κ3) is 4.91. The van der Waals surface area contributed by atoms with Crippen molar-refractivity contribution in [2.75, 3.05) is 5.32 Å². The summed E-state index contributed by atoms with van der Waals surface area (Å²) in [6.45, 7) is 2.38. The van der Waals surface area contributed by atoms with Crippen molar-refractivity contribution in [3.05, 3.63) is 42.4 Å². The summed E-state index contributed by atoms with van der Waals surface area (Å²) in [7, 11) is 0. The minimum Gasteiger partial charge on any atom is -0.344 e. The van der Waals surface area contributed by atoms with Crippen LogP contribution in [0.25, 0.3) is 0 Å². The number of rotatable bonds is 7. The fourth-order valence-corrected chi connectivity index (χ4v) is 3.15. The van der Waals surface area contributed by atoms with Crippen LogP contribution in [-0.2, 0) is 22.6 Å². The Morgan fingerprint density at radius 3 is 2.81 bits per heavy atom. The van der Waals surface area contributed by atoms with E-state index in [1.54, 1.807) is 23.9 Å². The quantitative estimate of drug-likeness (QED) is 0.796. The molecule has 7 heteroatoms. The Labute approximate surface area is 153 Å². The van der Waals surface area contributed by atoms with E-state index in [-0.39, 0.29) is 17.7 Å². The fraction of sp³-hybridized carbons (Fsp3) is 0.474. The lowest BCUT2D eigenvalue weighted by atomic mass is 10.1. The van der Waals surface area contributed by atoms with Crippen LogP contribution in [0.1, 0.15) is 38.3 Å². The van der Waals surface area contributed by atoms with E-state index in [2.05, 4.69) is 20.7 Å². The highest BCUT2D eigenvalue weighted by atomic mass is 16.2. The molecule has 1 saturated carbocycles. The van der Waals surface area contributed by atoms with E-state index in [0.29, 0.717) is 12.4 Å². The second-order valence-electron chi connectivity index (χ2n) is 6.74. The van der Waals surface area contributed by atoms with Gasteiger partial charge in [-0.3, -0.25) is 19.3 Å². The van der Waals surface area contributed by atoms with Crippen LogP contribution in [0.3, 0.4) is 0 Å². The summed E-state index contributed by atoms with van der Waals surface area (Å²) in [6, 6.07) is 6.99. The molecular weight excluding hydrogens is 330 g/mol. The highest BCUT2D eigenvalue weighted by molar-refractivity contribution is 5.96. The molecule has 0 radical (unpaired) electrons. The van der Waals surface area contributed by atoms with Crippen LogP contribution in [0.4, 0.5) is 5.82 Å². The lowest BCUT2D eigenvalue weighted by Crippen LogP contribution is -2.43. The number of hydrogen-bond acceptors (Lipinski definition) is 4. The highest BCUT2D eigenvalue weighted by Crippen LogP contribution is 2.24. The van der Waals surface area contributed by atoms with E-state index in [1.165, 1.54) is 0 Å². The van der Waals surface area contributed by atoms with Crippen molar-refractivity contribution < 1.29 is 9.59 Å². The van der Waals surface area contributed by atoms with E-state index >= 15 is 0 Å². The van der Waals surface area contributed by atoms with Gasteiger partial charge in [-0.15, -0.1) is 0 Å². The van der Waals surface area contributed by atoms with Gasteiger partial charge in [-0.25, -0.2) is 0 Å². The van der Waals surface area contributed by atoms with Crippen LogP contribution in [-0.4, -0.2) is 32.6 Å². The Kier molecular flexibility index (Phi) is 5.99. The van der Waals surface area contributed by atoms with Crippen molar-refractivity contribution in [3.8, 4) is 0 Å². The van der Waals surface area contributed by atoms with E-state index in [9.17, 15) is 9.59 Å². The number of pyridine rings is 1. The summed E-state index contributed by atoms with van der Waals surface area (Å²) in [4.78, 5) is 28.7. The molecule has 2 aromatic rings. The Balaban J connectivity index is 1.46. The molecule has 0 unspecified atom stereocenters. The summed E-state index contributed by atoms with van der Waals surface area (Å²) < 4.78 is 1.77. The summed E-state index contributed by atoms with van der Waals surface area (Å²) in [5, 5.41) is 9.90. The molecule has 1 aliphatic rings. The first-order chi connectivity index (χ1) is 12.6. The van der Waals surface area contributed by atoms with Gasteiger partial charge in [-0.1, -0.05) is 18.9 Å². The Hall–Kier alpha value is -2.70. The average Bonchev–Trinajstić information content (AvgIpc) is 3.33. The van der Waals surface area contributed by atoms with Crippen molar-refractivity contribution >= 4 is 17.6 Å². The number of nitrogens with zero attached hydrogens (tertiary/aromatic N) is 3. The maximum absolute atomic E-state index is 12.3. The number of aromatic nitrogens is 3. The first-order valence-electron chi connectivity index (χ1n) is 9.16. The van der Waals surface area contributed by atoms with Crippen molar-refractivity contribution in [2.24, 2.45) is 5.92 Å². The van der Waals surface area contributed by atoms with Gasteiger partial charge in [0.1, 0.15) is 6.04 Å². The summed E-state index contributed by atoms with van der Waals surface area (Å²) in [6.07, 6.45) is 8.38. The molecule has 3 rings (SSSR count). The molecule has 2 N–H and O–H groups in total. The topological polar surface area (TPSA) is 88.9 Å². The molecule has 2 heterocycles. The standard InChI is InChI=1S/C19H25N5O2/c1-14(21-19(26)15-6-2-3-7-15)18(25)22-17-10-13-24(23-17)12-9-16-8-4-5-11-20-16/h4-5,8,10-11,13-15H,2-3,6-7,9,12H2,1H3,(H,21,26)(H,22,23,25)/t14-/m1/s1. The smallest absolute Gasteiger partial charge is 0.247 e. The molecule has 138 valence electrons. The SMILES string of the molecule is C[C@@H](NC(=O)C1CCCC1)C(=O)Nc1ccn(CCc2ccccn2)n1. The second kappa shape index (κ2) is 8.60. The van der Waals surface area contributed by atoms with Gasteiger partial charge in [0.25, 0.3) is 0 Å². The number of nitrogens with one attached hydrogen (secondary N) is 2. The van der Waals surface area contributed by atoms with Crippen molar-refractivity contribution in [3.63, 3.8) is 0 Å². The number of carbonyl (C=O) groups excluding carboxylic acids is 2. The molecule has 2 aromatic heterocycles. The lowest BCUT2D eigenvalue weighted by Gasteiger charge is -2.16.